The lowest BCUT2D eigenvalue weighted by molar-refractivity contribution is 0.104. The molecule has 0 fully saturated rings. The number of carbonyl (C=O) groups is 1. The summed E-state index contributed by atoms with van der Waals surface area (Å²) in [7, 11) is 0. The van der Waals surface area contributed by atoms with Gasteiger partial charge in [-0.25, -0.2) is 0 Å². The lowest BCUT2D eigenvalue weighted by atomic mass is 10.0. The second-order valence-electron chi connectivity index (χ2n) is 3.83. The molecule has 18 heavy (non-hydrogen) atoms. The van der Waals surface area contributed by atoms with Crippen LogP contribution >= 0.6 is 0 Å². The Bertz CT molecular complexity index is 616. The van der Waals surface area contributed by atoms with Crippen molar-refractivity contribution in [2.24, 2.45) is 0 Å². The van der Waals surface area contributed by atoms with E-state index in [9.17, 15) is 4.79 Å². The zero-order chi connectivity index (χ0) is 13.0. The van der Waals surface area contributed by atoms with Gasteiger partial charge < -0.3 is 0 Å². The van der Waals surface area contributed by atoms with Crippen LogP contribution in [0.1, 0.15) is 15.9 Å². The van der Waals surface area contributed by atoms with Crippen LogP contribution in [0.2, 0.25) is 0 Å². The normalized spacial score (nSPS) is 9.50. The van der Waals surface area contributed by atoms with Crippen LogP contribution in [0.25, 0.3) is 11.1 Å². The summed E-state index contributed by atoms with van der Waals surface area (Å²) in [6.45, 7) is 3.46. The molecular formula is C16H11NO. The molecule has 0 aliphatic rings. The monoisotopic (exact) mass is 233 g/mol. The highest BCUT2D eigenvalue weighted by molar-refractivity contribution is 6.04. The number of hydrogen-bond acceptors (Lipinski definition) is 2. The fourth-order valence-electron chi connectivity index (χ4n) is 1.68. The van der Waals surface area contributed by atoms with Gasteiger partial charge in [0.25, 0.3) is 0 Å². The Balaban J connectivity index is 2.31. The van der Waals surface area contributed by atoms with Crippen LogP contribution in [0.4, 0.5) is 0 Å². The van der Waals surface area contributed by atoms with Crippen molar-refractivity contribution in [1.29, 1.82) is 5.26 Å². The Morgan fingerprint density at radius 3 is 1.94 bits per heavy atom. The van der Waals surface area contributed by atoms with Crippen molar-refractivity contribution in [1.82, 2.24) is 0 Å². The number of rotatable bonds is 3. The van der Waals surface area contributed by atoms with E-state index in [4.69, 9.17) is 5.26 Å². The van der Waals surface area contributed by atoms with Crippen molar-refractivity contribution in [2.75, 3.05) is 0 Å². The molecule has 0 unspecified atom stereocenters. The third kappa shape index (κ3) is 2.36. The van der Waals surface area contributed by atoms with E-state index in [2.05, 4.69) is 12.6 Å². The molecule has 0 N–H and O–H groups in total. The summed E-state index contributed by atoms with van der Waals surface area (Å²) < 4.78 is 0. The fraction of sp³-hybridized carbons (Fsp3) is 0. The minimum absolute atomic E-state index is 0.0821. The Labute approximate surface area is 106 Å². The molecule has 0 atom stereocenters. The number of nitrogens with zero attached hydrogens (tertiary/aromatic N) is 1. The highest BCUT2D eigenvalue weighted by atomic mass is 16.1. The fourth-order valence-corrected chi connectivity index (χ4v) is 1.68. The van der Waals surface area contributed by atoms with Gasteiger partial charge in [0.15, 0.2) is 5.78 Å². The Morgan fingerprint density at radius 2 is 1.50 bits per heavy atom. The van der Waals surface area contributed by atoms with Crippen molar-refractivity contribution in [2.45, 2.75) is 0 Å². The molecule has 0 bridgehead atoms. The van der Waals surface area contributed by atoms with E-state index >= 15 is 0 Å². The van der Waals surface area contributed by atoms with E-state index in [-0.39, 0.29) is 5.78 Å². The third-order valence-electron chi connectivity index (χ3n) is 2.70. The first-order valence-electron chi connectivity index (χ1n) is 5.52. The highest BCUT2D eigenvalue weighted by Gasteiger charge is 2.02. The van der Waals surface area contributed by atoms with Crippen molar-refractivity contribution in [3.8, 4) is 17.2 Å². The lowest BCUT2D eigenvalue weighted by Crippen LogP contribution is -1.92. The van der Waals surface area contributed by atoms with Gasteiger partial charge in [0.05, 0.1) is 11.6 Å². The topological polar surface area (TPSA) is 40.9 Å². The average Bonchev–Trinajstić information content (AvgIpc) is 2.47. The number of allylic oxidation sites excluding steroid dienone is 1. The lowest BCUT2D eigenvalue weighted by Gasteiger charge is -2.02. The van der Waals surface area contributed by atoms with Crippen molar-refractivity contribution in [3.05, 3.63) is 72.3 Å². The van der Waals surface area contributed by atoms with E-state index in [1.165, 1.54) is 6.08 Å². The van der Waals surface area contributed by atoms with E-state index in [0.29, 0.717) is 11.1 Å². The molecule has 0 amide bonds. The molecule has 0 saturated heterocycles. The van der Waals surface area contributed by atoms with Gasteiger partial charge in [0.1, 0.15) is 0 Å². The molecule has 2 heteroatoms. The molecule has 0 aliphatic carbocycles. The van der Waals surface area contributed by atoms with Gasteiger partial charge in [-0.15, -0.1) is 0 Å². The smallest absolute Gasteiger partial charge is 0.185 e. The number of carbonyl (C=O) groups excluding carboxylic acids is 1. The number of hydrogen-bond donors (Lipinski definition) is 0. The van der Waals surface area contributed by atoms with E-state index in [1.54, 1.807) is 24.3 Å². The number of benzene rings is 2. The summed E-state index contributed by atoms with van der Waals surface area (Å²) in [4.78, 5) is 11.4. The first-order chi connectivity index (χ1) is 8.74. The summed E-state index contributed by atoms with van der Waals surface area (Å²) in [6, 6.07) is 16.7. The first kappa shape index (κ1) is 11.8. The molecule has 0 aromatic heterocycles. The average molecular weight is 233 g/mol. The van der Waals surface area contributed by atoms with E-state index < -0.39 is 0 Å². The summed E-state index contributed by atoms with van der Waals surface area (Å²) in [5.41, 5.74) is 3.30. The van der Waals surface area contributed by atoms with Gasteiger partial charge in [-0.05, 0) is 29.3 Å². The van der Waals surface area contributed by atoms with Gasteiger partial charge in [-0.3, -0.25) is 4.79 Å². The summed E-state index contributed by atoms with van der Waals surface area (Å²) in [5.74, 6) is -0.0821. The van der Waals surface area contributed by atoms with Crippen molar-refractivity contribution in [3.63, 3.8) is 0 Å². The molecule has 0 aliphatic heterocycles. The van der Waals surface area contributed by atoms with E-state index in [0.717, 1.165) is 11.1 Å². The summed E-state index contributed by atoms with van der Waals surface area (Å²) in [6.07, 6.45) is 1.30. The minimum atomic E-state index is -0.0821. The zero-order valence-electron chi connectivity index (χ0n) is 9.76. The second kappa shape index (κ2) is 5.11. The van der Waals surface area contributed by atoms with Crippen LogP contribution in [-0.4, -0.2) is 5.78 Å². The highest BCUT2D eigenvalue weighted by Crippen LogP contribution is 2.20. The van der Waals surface area contributed by atoms with Crippen LogP contribution < -0.4 is 0 Å². The largest absolute Gasteiger partial charge is 0.289 e. The molecule has 2 nitrogen and oxygen atoms in total. The molecular weight excluding hydrogens is 222 g/mol. The van der Waals surface area contributed by atoms with Gasteiger partial charge in [0, 0.05) is 5.56 Å². The molecule has 2 rings (SSSR count). The van der Waals surface area contributed by atoms with Gasteiger partial charge in [-0.1, -0.05) is 43.0 Å². The van der Waals surface area contributed by atoms with Gasteiger partial charge >= 0.3 is 0 Å². The minimum Gasteiger partial charge on any atom is -0.289 e. The third-order valence-corrected chi connectivity index (χ3v) is 2.70. The maximum absolute atomic E-state index is 11.4. The molecule has 86 valence electrons. The molecule has 0 saturated carbocycles. The van der Waals surface area contributed by atoms with E-state index in [1.807, 2.05) is 24.3 Å². The zero-order valence-corrected chi connectivity index (χ0v) is 9.76. The standard InChI is InChI=1S/C16H11NO/c1-2-16(18)15-9-7-14(8-10-15)13-5-3-12(11-17)4-6-13/h2-10H,1H2. The predicted octanol–water partition coefficient (Wildman–Crippen LogP) is 3.59. The first-order valence-corrected chi connectivity index (χ1v) is 5.52. The molecule has 2 aromatic rings. The Kier molecular flexibility index (Phi) is 3.36. The molecule has 2 aromatic carbocycles. The predicted molar refractivity (Wildman–Crippen MR) is 71.1 cm³/mol. The summed E-state index contributed by atoms with van der Waals surface area (Å²) in [5, 5.41) is 8.73. The number of nitriles is 1. The van der Waals surface area contributed by atoms with Crippen molar-refractivity contribution < 1.29 is 4.79 Å². The van der Waals surface area contributed by atoms with Crippen LogP contribution in [0.15, 0.2) is 61.2 Å². The number of ketones is 1. The molecule has 0 heterocycles. The molecule has 0 spiro atoms. The second-order valence-corrected chi connectivity index (χ2v) is 3.83. The maximum Gasteiger partial charge on any atom is 0.185 e. The Hall–Kier alpha value is -2.66. The van der Waals surface area contributed by atoms with Crippen LogP contribution in [0.3, 0.4) is 0 Å². The van der Waals surface area contributed by atoms with Gasteiger partial charge in [-0.2, -0.15) is 5.26 Å². The maximum atomic E-state index is 11.4. The summed E-state index contributed by atoms with van der Waals surface area (Å²) >= 11 is 0. The Morgan fingerprint density at radius 1 is 1.00 bits per heavy atom. The SMILES string of the molecule is C=CC(=O)c1ccc(-c2ccc(C#N)cc2)cc1. The van der Waals surface area contributed by atoms with Crippen LogP contribution in [0, 0.1) is 11.3 Å². The van der Waals surface area contributed by atoms with Crippen molar-refractivity contribution >= 4 is 5.78 Å². The van der Waals surface area contributed by atoms with Gasteiger partial charge in [0.2, 0.25) is 0 Å². The quantitative estimate of drug-likeness (QED) is 0.600. The van der Waals surface area contributed by atoms with Crippen LogP contribution in [-0.2, 0) is 0 Å². The van der Waals surface area contributed by atoms with Crippen LogP contribution in [0.5, 0.6) is 0 Å². The molecule has 0 radical (unpaired) electrons.